The number of imidazole rings is 1. The van der Waals surface area contributed by atoms with E-state index >= 15 is 0 Å². The maximum absolute atomic E-state index is 5.36. The summed E-state index contributed by atoms with van der Waals surface area (Å²) in [5.74, 6) is 1.98. The Bertz CT molecular complexity index is 770. The van der Waals surface area contributed by atoms with E-state index in [9.17, 15) is 0 Å². The van der Waals surface area contributed by atoms with Crippen molar-refractivity contribution >= 4 is 0 Å². The third-order valence-corrected chi connectivity index (χ3v) is 3.58. The Balaban J connectivity index is 1.86. The second-order valence-electron chi connectivity index (χ2n) is 5.61. The smallest absolute Gasteiger partial charge is 0.276 e. The summed E-state index contributed by atoms with van der Waals surface area (Å²) in [5.41, 5.74) is 3.01. The molecule has 6 heteroatoms. The zero-order valence-electron chi connectivity index (χ0n) is 13.2. The van der Waals surface area contributed by atoms with Gasteiger partial charge < -0.3 is 14.0 Å². The molecule has 2 heterocycles. The lowest BCUT2D eigenvalue weighted by Crippen LogP contribution is -2.10. The molecular formula is C16H19N5O. The van der Waals surface area contributed by atoms with Crippen LogP contribution in [0.4, 0.5) is 0 Å². The highest BCUT2D eigenvalue weighted by molar-refractivity contribution is 5.58. The van der Waals surface area contributed by atoms with Crippen LogP contribution in [0, 0.1) is 6.92 Å². The van der Waals surface area contributed by atoms with E-state index in [1.54, 1.807) is 6.20 Å². The standard InChI is InChI=1S/C16H19N5O/c1-11-17-9-14(21(11)4)16-18-15(19-22-16)13-7-5-12(6-8-13)10-20(2)3/h5-9H,10H2,1-4H3. The van der Waals surface area contributed by atoms with Gasteiger partial charge in [-0.1, -0.05) is 29.4 Å². The third-order valence-electron chi connectivity index (χ3n) is 3.58. The van der Waals surface area contributed by atoms with Gasteiger partial charge in [0.05, 0.1) is 6.20 Å². The lowest BCUT2D eigenvalue weighted by Gasteiger charge is -2.09. The maximum atomic E-state index is 5.36. The largest absolute Gasteiger partial charge is 0.332 e. The number of benzene rings is 1. The van der Waals surface area contributed by atoms with Crippen molar-refractivity contribution in [3.8, 4) is 23.0 Å². The molecule has 0 saturated heterocycles. The van der Waals surface area contributed by atoms with Gasteiger partial charge in [0.25, 0.3) is 5.89 Å². The van der Waals surface area contributed by atoms with E-state index in [1.807, 2.05) is 30.7 Å². The molecule has 3 rings (SSSR count). The monoisotopic (exact) mass is 297 g/mol. The molecule has 0 saturated carbocycles. The Morgan fingerprint density at radius 3 is 2.50 bits per heavy atom. The summed E-state index contributed by atoms with van der Waals surface area (Å²) < 4.78 is 7.29. The summed E-state index contributed by atoms with van der Waals surface area (Å²) in [6, 6.07) is 8.20. The van der Waals surface area contributed by atoms with Crippen LogP contribution in [0.3, 0.4) is 0 Å². The van der Waals surface area contributed by atoms with Crippen molar-refractivity contribution in [2.75, 3.05) is 14.1 Å². The van der Waals surface area contributed by atoms with Crippen LogP contribution in [-0.2, 0) is 13.6 Å². The molecule has 0 amide bonds. The van der Waals surface area contributed by atoms with Gasteiger partial charge in [-0.05, 0) is 26.6 Å². The first-order valence-corrected chi connectivity index (χ1v) is 7.11. The molecule has 22 heavy (non-hydrogen) atoms. The highest BCUT2D eigenvalue weighted by Crippen LogP contribution is 2.22. The van der Waals surface area contributed by atoms with Gasteiger partial charge in [-0.25, -0.2) is 4.98 Å². The van der Waals surface area contributed by atoms with Gasteiger partial charge in [-0.2, -0.15) is 4.98 Å². The Labute approximate surface area is 129 Å². The fraction of sp³-hybridized carbons (Fsp3) is 0.312. The van der Waals surface area contributed by atoms with E-state index in [-0.39, 0.29) is 0 Å². The summed E-state index contributed by atoms with van der Waals surface area (Å²) in [6.07, 6.45) is 1.74. The molecule has 0 atom stereocenters. The van der Waals surface area contributed by atoms with Crippen molar-refractivity contribution in [3.05, 3.63) is 41.9 Å². The van der Waals surface area contributed by atoms with E-state index in [1.165, 1.54) is 5.56 Å². The predicted octanol–water partition coefficient (Wildman–Crippen LogP) is 2.51. The summed E-state index contributed by atoms with van der Waals surface area (Å²) >= 11 is 0. The molecule has 114 valence electrons. The predicted molar refractivity (Wildman–Crippen MR) is 84.1 cm³/mol. The van der Waals surface area contributed by atoms with Gasteiger partial charge >= 0.3 is 0 Å². The van der Waals surface area contributed by atoms with Gasteiger partial charge in [0.1, 0.15) is 11.5 Å². The number of rotatable bonds is 4. The SMILES string of the molecule is Cc1ncc(-c2nc(-c3ccc(CN(C)C)cc3)no2)n1C. The summed E-state index contributed by atoms with van der Waals surface area (Å²) in [6.45, 7) is 2.84. The van der Waals surface area contributed by atoms with E-state index in [0.29, 0.717) is 11.7 Å². The van der Waals surface area contributed by atoms with Gasteiger partial charge in [0, 0.05) is 19.2 Å². The maximum Gasteiger partial charge on any atom is 0.276 e. The van der Waals surface area contributed by atoms with Gasteiger partial charge in [-0.3, -0.25) is 0 Å². The van der Waals surface area contributed by atoms with Crippen LogP contribution in [0.15, 0.2) is 35.0 Å². The van der Waals surface area contributed by atoms with Crippen LogP contribution in [0.2, 0.25) is 0 Å². The summed E-state index contributed by atoms with van der Waals surface area (Å²) in [4.78, 5) is 10.8. The van der Waals surface area contributed by atoms with Crippen LogP contribution >= 0.6 is 0 Å². The van der Waals surface area contributed by atoms with Crippen LogP contribution < -0.4 is 0 Å². The number of aromatic nitrogens is 4. The van der Waals surface area contributed by atoms with Crippen molar-refractivity contribution in [3.63, 3.8) is 0 Å². The molecule has 0 aliphatic carbocycles. The first kappa shape index (κ1) is 14.5. The molecule has 0 aliphatic rings. The zero-order chi connectivity index (χ0) is 15.7. The lowest BCUT2D eigenvalue weighted by atomic mass is 10.1. The Morgan fingerprint density at radius 1 is 1.18 bits per heavy atom. The van der Waals surface area contributed by atoms with Crippen molar-refractivity contribution in [2.24, 2.45) is 7.05 Å². The Hall–Kier alpha value is -2.47. The number of hydrogen-bond acceptors (Lipinski definition) is 5. The normalized spacial score (nSPS) is 11.3. The highest BCUT2D eigenvalue weighted by atomic mass is 16.5. The quantitative estimate of drug-likeness (QED) is 0.740. The molecule has 0 unspecified atom stereocenters. The summed E-state index contributed by atoms with van der Waals surface area (Å²) in [7, 11) is 6.03. The molecule has 0 radical (unpaired) electrons. The van der Waals surface area contributed by atoms with E-state index in [0.717, 1.165) is 23.6 Å². The molecule has 2 aromatic heterocycles. The van der Waals surface area contributed by atoms with Gasteiger partial charge in [0.15, 0.2) is 0 Å². The number of aryl methyl sites for hydroxylation is 1. The first-order chi connectivity index (χ1) is 10.5. The minimum Gasteiger partial charge on any atom is -0.332 e. The van der Waals surface area contributed by atoms with E-state index < -0.39 is 0 Å². The molecule has 0 fully saturated rings. The van der Waals surface area contributed by atoms with E-state index in [4.69, 9.17) is 4.52 Å². The molecule has 1 aromatic carbocycles. The second kappa shape index (κ2) is 5.73. The van der Waals surface area contributed by atoms with Crippen LogP contribution in [0.1, 0.15) is 11.4 Å². The molecule has 6 nitrogen and oxygen atoms in total. The molecule has 0 spiro atoms. The Morgan fingerprint density at radius 2 is 1.91 bits per heavy atom. The third kappa shape index (κ3) is 2.78. The topological polar surface area (TPSA) is 60.0 Å². The van der Waals surface area contributed by atoms with Crippen molar-refractivity contribution in [1.29, 1.82) is 0 Å². The second-order valence-corrected chi connectivity index (χ2v) is 5.61. The van der Waals surface area contributed by atoms with Gasteiger partial charge in [-0.15, -0.1) is 0 Å². The highest BCUT2D eigenvalue weighted by Gasteiger charge is 2.14. The molecule has 0 bridgehead atoms. The molecule has 0 aliphatic heterocycles. The van der Waals surface area contributed by atoms with Crippen LogP contribution in [-0.4, -0.2) is 38.7 Å². The zero-order valence-corrected chi connectivity index (χ0v) is 13.2. The van der Waals surface area contributed by atoms with E-state index in [2.05, 4.69) is 46.3 Å². The van der Waals surface area contributed by atoms with Gasteiger partial charge in [0.2, 0.25) is 5.82 Å². The lowest BCUT2D eigenvalue weighted by molar-refractivity contribution is 0.402. The first-order valence-electron chi connectivity index (χ1n) is 7.11. The fourth-order valence-corrected chi connectivity index (χ4v) is 2.27. The molecular weight excluding hydrogens is 278 g/mol. The minimum absolute atomic E-state index is 0.482. The fourth-order valence-electron chi connectivity index (χ4n) is 2.27. The summed E-state index contributed by atoms with van der Waals surface area (Å²) in [5, 5.41) is 4.07. The number of hydrogen-bond donors (Lipinski definition) is 0. The number of nitrogens with zero attached hydrogens (tertiary/aromatic N) is 5. The Kier molecular flexibility index (Phi) is 3.77. The molecule has 0 N–H and O–H groups in total. The molecule has 3 aromatic rings. The van der Waals surface area contributed by atoms with Crippen LogP contribution in [0.25, 0.3) is 23.0 Å². The van der Waals surface area contributed by atoms with Crippen LogP contribution in [0.5, 0.6) is 0 Å². The minimum atomic E-state index is 0.482. The van der Waals surface area contributed by atoms with Crippen molar-refractivity contribution < 1.29 is 4.52 Å². The van der Waals surface area contributed by atoms with Crippen molar-refractivity contribution in [1.82, 2.24) is 24.6 Å². The average Bonchev–Trinajstić information content (AvgIpc) is 3.08. The average molecular weight is 297 g/mol. The van der Waals surface area contributed by atoms with Crippen molar-refractivity contribution in [2.45, 2.75) is 13.5 Å².